The second-order valence-corrected chi connectivity index (χ2v) is 6.44. The van der Waals surface area contributed by atoms with Gasteiger partial charge >= 0.3 is 6.09 Å². The van der Waals surface area contributed by atoms with Gasteiger partial charge in [-0.3, -0.25) is 9.69 Å². The Labute approximate surface area is 136 Å². The molecule has 2 amide bonds. The Morgan fingerprint density at radius 3 is 2.35 bits per heavy atom. The van der Waals surface area contributed by atoms with Gasteiger partial charge in [-0.2, -0.15) is 0 Å². The maximum atomic E-state index is 12.6. The highest BCUT2D eigenvalue weighted by molar-refractivity contribution is 5.82. The van der Waals surface area contributed by atoms with Crippen LogP contribution in [0.5, 0.6) is 0 Å². The Bertz CT molecular complexity index is 433. The molecule has 130 valence electrons. The lowest BCUT2D eigenvalue weighted by molar-refractivity contribution is -0.139. The molecule has 1 atom stereocenters. The number of ether oxygens (including phenoxy) is 1. The largest absolute Gasteiger partial charge is 0.465 e. The van der Waals surface area contributed by atoms with Gasteiger partial charge in [0, 0.05) is 51.9 Å². The average Bonchev–Trinajstić information content (AvgIpc) is 2.62. The molecular formula is C15H26N4O4. The number of morpholine rings is 1. The second-order valence-electron chi connectivity index (χ2n) is 6.44. The molecule has 0 aliphatic carbocycles. The van der Waals surface area contributed by atoms with Gasteiger partial charge in [-0.1, -0.05) is 0 Å². The third kappa shape index (κ3) is 3.94. The first-order chi connectivity index (χ1) is 11.1. The fourth-order valence-corrected chi connectivity index (χ4v) is 3.70. The molecule has 0 bridgehead atoms. The molecule has 0 radical (unpaired) electrons. The highest BCUT2D eigenvalue weighted by Gasteiger charge is 2.34. The van der Waals surface area contributed by atoms with E-state index in [1.165, 1.54) is 4.90 Å². The first kappa shape index (κ1) is 16.5. The van der Waals surface area contributed by atoms with Crippen LogP contribution in [-0.2, 0) is 9.53 Å². The third-order valence-corrected chi connectivity index (χ3v) is 5.08. The van der Waals surface area contributed by atoms with Crippen molar-refractivity contribution in [2.75, 3.05) is 59.0 Å². The molecule has 0 aromatic rings. The monoisotopic (exact) mass is 326 g/mol. The number of piperazine rings is 1. The van der Waals surface area contributed by atoms with Crippen LogP contribution in [0.15, 0.2) is 0 Å². The summed E-state index contributed by atoms with van der Waals surface area (Å²) in [6, 6.07) is 0.229. The topological polar surface area (TPSA) is 85.3 Å². The van der Waals surface area contributed by atoms with Crippen LogP contribution in [0.25, 0.3) is 0 Å². The molecule has 3 rings (SSSR count). The van der Waals surface area contributed by atoms with Crippen LogP contribution < -0.4 is 5.32 Å². The lowest BCUT2D eigenvalue weighted by atomic mass is 10.0. The van der Waals surface area contributed by atoms with Gasteiger partial charge in [-0.25, -0.2) is 4.79 Å². The first-order valence-corrected chi connectivity index (χ1v) is 8.47. The maximum absolute atomic E-state index is 12.6. The Kier molecular flexibility index (Phi) is 5.34. The Morgan fingerprint density at radius 1 is 1.00 bits per heavy atom. The fraction of sp³-hybridized carbons (Fsp3) is 0.867. The third-order valence-electron chi connectivity index (χ3n) is 5.08. The Hall–Kier alpha value is -1.38. The number of hydrogen-bond acceptors (Lipinski definition) is 5. The van der Waals surface area contributed by atoms with Crippen LogP contribution in [0.2, 0.25) is 0 Å². The zero-order valence-corrected chi connectivity index (χ0v) is 13.4. The Balaban J connectivity index is 1.52. The molecule has 1 unspecified atom stereocenters. The molecule has 8 heteroatoms. The summed E-state index contributed by atoms with van der Waals surface area (Å²) in [5, 5.41) is 12.4. The fourth-order valence-electron chi connectivity index (χ4n) is 3.70. The van der Waals surface area contributed by atoms with Crippen LogP contribution in [0.1, 0.15) is 12.8 Å². The quantitative estimate of drug-likeness (QED) is 0.695. The Morgan fingerprint density at radius 2 is 1.70 bits per heavy atom. The first-order valence-electron chi connectivity index (χ1n) is 8.47. The van der Waals surface area contributed by atoms with E-state index in [2.05, 4.69) is 10.2 Å². The van der Waals surface area contributed by atoms with Crippen molar-refractivity contribution in [2.24, 2.45) is 0 Å². The van der Waals surface area contributed by atoms with Crippen molar-refractivity contribution < 1.29 is 19.4 Å². The molecule has 23 heavy (non-hydrogen) atoms. The van der Waals surface area contributed by atoms with Gasteiger partial charge in [0.1, 0.15) is 0 Å². The molecule has 0 spiro atoms. The molecule has 0 saturated carbocycles. The van der Waals surface area contributed by atoms with Crippen molar-refractivity contribution in [3.05, 3.63) is 0 Å². The lowest BCUT2D eigenvalue weighted by Gasteiger charge is -2.42. The number of rotatable bonds is 2. The smallest absolute Gasteiger partial charge is 0.407 e. The van der Waals surface area contributed by atoms with Crippen LogP contribution in [0.4, 0.5) is 4.79 Å². The minimum Gasteiger partial charge on any atom is -0.465 e. The van der Waals surface area contributed by atoms with Gasteiger partial charge < -0.3 is 25.0 Å². The summed E-state index contributed by atoms with van der Waals surface area (Å²) in [5.74, 6) is 0.168. The van der Waals surface area contributed by atoms with Crippen LogP contribution in [0, 0.1) is 0 Å². The van der Waals surface area contributed by atoms with E-state index in [1.54, 1.807) is 0 Å². The number of carbonyl (C=O) groups is 2. The number of carbonyl (C=O) groups excluding carboxylic acids is 1. The van der Waals surface area contributed by atoms with E-state index in [0.29, 0.717) is 52.0 Å². The number of piperidine rings is 1. The highest BCUT2D eigenvalue weighted by atomic mass is 16.5. The lowest BCUT2D eigenvalue weighted by Crippen LogP contribution is -2.61. The summed E-state index contributed by atoms with van der Waals surface area (Å²) in [4.78, 5) is 29.3. The normalized spacial score (nSPS) is 27.9. The predicted octanol–water partition coefficient (Wildman–Crippen LogP) is -0.739. The molecule has 8 nitrogen and oxygen atoms in total. The molecule has 0 aromatic heterocycles. The molecule has 0 aromatic carbocycles. The van der Waals surface area contributed by atoms with E-state index >= 15 is 0 Å². The van der Waals surface area contributed by atoms with Crippen molar-refractivity contribution in [3.8, 4) is 0 Å². The summed E-state index contributed by atoms with van der Waals surface area (Å²) < 4.78 is 5.31. The molecule has 3 fully saturated rings. The van der Waals surface area contributed by atoms with E-state index in [9.17, 15) is 9.59 Å². The standard InChI is InChI=1S/C15H26N4O4/c20-14(17-7-9-23-10-8-17)13-11-19(6-3-16-13)12-1-4-18(5-2-12)15(21)22/h12-13,16H,1-11H2,(H,21,22). The van der Waals surface area contributed by atoms with Gasteiger partial charge in [0.2, 0.25) is 5.91 Å². The highest BCUT2D eigenvalue weighted by Crippen LogP contribution is 2.18. The van der Waals surface area contributed by atoms with Gasteiger partial charge in [0.05, 0.1) is 19.3 Å². The molecule has 3 heterocycles. The van der Waals surface area contributed by atoms with E-state index in [4.69, 9.17) is 9.84 Å². The number of carboxylic acid groups (broad SMARTS) is 1. The average molecular weight is 326 g/mol. The SMILES string of the molecule is O=C(O)N1CCC(N2CCNC(C(=O)N3CCOCC3)C2)CC1. The zero-order valence-electron chi connectivity index (χ0n) is 13.4. The van der Waals surface area contributed by atoms with Crippen molar-refractivity contribution >= 4 is 12.0 Å². The second kappa shape index (κ2) is 7.46. The summed E-state index contributed by atoms with van der Waals surface area (Å²) in [7, 11) is 0. The van der Waals surface area contributed by atoms with E-state index in [1.807, 2.05) is 4.90 Å². The maximum Gasteiger partial charge on any atom is 0.407 e. The van der Waals surface area contributed by atoms with Crippen molar-refractivity contribution in [1.82, 2.24) is 20.0 Å². The molecule has 3 aliphatic heterocycles. The molecule has 2 N–H and O–H groups in total. The van der Waals surface area contributed by atoms with Crippen LogP contribution in [-0.4, -0.2) is 103 Å². The van der Waals surface area contributed by atoms with Gasteiger partial charge in [-0.15, -0.1) is 0 Å². The number of hydrogen-bond donors (Lipinski definition) is 2. The number of amides is 2. The summed E-state index contributed by atoms with van der Waals surface area (Å²) in [6.07, 6.45) is 0.874. The van der Waals surface area contributed by atoms with E-state index < -0.39 is 6.09 Å². The summed E-state index contributed by atoms with van der Waals surface area (Å²) >= 11 is 0. The van der Waals surface area contributed by atoms with Crippen molar-refractivity contribution in [1.29, 1.82) is 0 Å². The molecular weight excluding hydrogens is 300 g/mol. The minimum absolute atomic E-state index is 0.153. The summed E-state index contributed by atoms with van der Waals surface area (Å²) in [6.45, 7) is 6.21. The van der Waals surface area contributed by atoms with Crippen LogP contribution >= 0.6 is 0 Å². The van der Waals surface area contributed by atoms with Crippen molar-refractivity contribution in [2.45, 2.75) is 24.9 Å². The summed E-state index contributed by atoms with van der Waals surface area (Å²) in [5.41, 5.74) is 0. The zero-order chi connectivity index (χ0) is 16.2. The number of nitrogens with zero attached hydrogens (tertiary/aromatic N) is 3. The van der Waals surface area contributed by atoms with Gasteiger partial charge in [-0.05, 0) is 12.8 Å². The number of nitrogens with one attached hydrogen (secondary N) is 1. The molecule has 3 aliphatic rings. The van der Waals surface area contributed by atoms with E-state index in [0.717, 1.165) is 25.9 Å². The van der Waals surface area contributed by atoms with Gasteiger partial charge in [0.25, 0.3) is 0 Å². The van der Waals surface area contributed by atoms with Crippen LogP contribution in [0.3, 0.4) is 0 Å². The number of likely N-dealkylation sites (tertiary alicyclic amines) is 1. The van der Waals surface area contributed by atoms with Crippen molar-refractivity contribution in [3.63, 3.8) is 0 Å². The minimum atomic E-state index is -0.830. The van der Waals surface area contributed by atoms with Gasteiger partial charge in [0.15, 0.2) is 0 Å². The predicted molar refractivity (Wildman–Crippen MR) is 83.4 cm³/mol. The van der Waals surface area contributed by atoms with E-state index in [-0.39, 0.29) is 11.9 Å². The molecule has 3 saturated heterocycles.